The molecule has 1 aromatic rings. The molecule has 2 amide bonds. The van der Waals surface area contributed by atoms with Gasteiger partial charge in [-0.15, -0.1) is 0 Å². The molecule has 1 aromatic carbocycles. The van der Waals surface area contributed by atoms with Gasteiger partial charge in [0.05, 0.1) is 0 Å². The Labute approximate surface area is 150 Å². The van der Waals surface area contributed by atoms with Crippen LogP contribution in [0.1, 0.15) is 49.7 Å². The number of hydrogen-bond donors (Lipinski definition) is 2. The van der Waals surface area contributed by atoms with E-state index in [2.05, 4.69) is 46.8 Å². The Kier molecular flexibility index (Phi) is 6.08. The summed E-state index contributed by atoms with van der Waals surface area (Å²) in [5.41, 5.74) is 2.74. The lowest BCUT2D eigenvalue weighted by Crippen LogP contribution is -2.45. The third kappa shape index (κ3) is 5.05. The van der Waals surface area contributed by atoms with E-state index in [0.29, 0.717) is 18.6 Å². The Bertz CT molecular complexity index is 611. The predicted molar refractivity (Wildman–Crippen MR) is 98.0 cm³/mol. The number of nitrogens with zero attached hydrogens (tertiary/aromatic N) is 1. The summed E-state index contributed by atoms with van der Waals surface area (Å²) in [6.07, 6.45) is 6.06. The van der Waals surface area contributed by atoms with Gasteiger partial charge in [0, 0.05) is 38.0 Å². The third-order valence-corrected chi connectivity index (χ3v) is 5.45. The van der Waals surface area contributed by atoms with Crippen LogP contribution in [0.25, 0.3) is 0 Å². The first kappa shape index (κ1) is 17.9. The lowest BCUT2D eigenvalue weighted by Gasteiger charge is -2.34. The second-order valence-corrected chi connectivity index (χ2v) is 7.39. The summed E-state index contributed by atoms with van der Waals surface area (Å²) in [5.74, 6) is -0.0282. The van der Waals surface area contributed by atoms with Crippen molar-refractivity contribution in [3.05, 3.63) is 35.4 Å². The van der Waals surface area contributed by atoms with Crippen LogP contribution in [0.4, 0.5) is 0 Å². The number of amides is 2. The van der Waals surface area contributed by atoms with Crippen LogP contribution in [0.3, 0.4) is 0 Å². The number of rotatable bonds is 6. The van der Waals surface area contributed by atoms with E-state index in [9.17, 15) is 9.59 Å². The quantitative estimate of drug-likeness (QED) is 0.830. The molecule has 1 fully saturated rings. The first-order valence-electron chi connectivity index (χ1n) is 9.45. The highest BCUT2D eigenvalue weighted by Gasteiger charge is 2.23. The van der Waals surface area contributed by atoms with Crippen LogP contribution in [0.2, 0.25) is 0 Å². The Morgan fingerprint density at radius 1 is 1.08 bits per heavy atom. The maximum Gasteiger partial charge on any atom is 0.220 e. The lowest BCUT2D eigenvalue weighted by atomic mass is 9.94. The van der Waals surface area contributed by atoms with Crippen molar-refractivity contribution in [3.63, 3.8) is 0 Å². The molecule has 3 rings (SSSR count). The zero-order valence-electron chi connectivity index (χ0n) is 15.1. The highest BCUT2D eigenvalue weighted by atomic mass is 16.2. The average molecular weight is 343 g/mol. The number of fused-ring (bicyclic) bond motifs is 1. The summed E-state index contributed by atoms with van der Waals surface area (Å²) in [6, 6.07) is 9.13. The number of nitrogens with one attached hydrogen (secondary N) is 2. The Morgan fingerprint density at radius 3 is 2.52 bits per heavy atom. The van der Waals surface area contributed by atoms with Gasteiger partial charge in [-0.2, -0.15) is 0 Å². The van der Waals surface area contributed by atoms with Gasteiger partial charge in [0.1, 0.15) is 0 Å². The number of hydrogen-bond acceptors (Lipinski definition) is 3. The second kappa shape index (κ2) is 8.48. The largest absolute Gasteiger partial charge is 0.355 e. The van der Waals surface area contributed by atoms with Crippen LogP contribution in [0.15, 0.2) is 24.3 Å². The van der Waals surface area contributed by atoms with E-state index in [0.717, 1.165) is 25.8 Å². The highest BCUT2D eigenvalue weighted by molar-refractivity contribution is 5.83. The molecule has 25 heavy (non-hydrogen) atoms. The van der Waals surface area contributed by atoms with E-state index in [1.807, 2.05) is 0 Å². The summed E-state index contributed by atoms with van der Waals surface area (Å²) in [6.45, 7) is 1.55. The number of carbonyl (C=O) groups is 2. The number of likely N-dealkylation sites (N-methyl/N-ethyl adjacent to an activating group) is 1. The zero-order chi connectivity index (χ0) is 17.6. The average Bonchev–Trinajstić information content (AvgIpc) is 3.11. The Morgan fingerprint density at radius 2 is 1.76 bits per heavy atom. The fourth-order valence-electron chi connectivity index (χ4n) is 3.86. The van der Waals surface area contributed by atoms with Gasteiger partial charge in [0.15, 0.2) is 0 Å². The van der Waals surface area contributed by atoms with Crippen molar-refractivity contribution < 1.29 is 9.59 Å². The van der Waals surface area contributed by atoms with Gasteiger partial charge >= 0.3 is 0 Å². The molecule has 1 aliphatic carbocycles. The van der Waals surface area contributed by atoms with Crippen LogP contribution >= 0.6 is 0 Å². The topological polar surface area (TPSA) is 61.4 Å². The van der Waals surface area contributed by atoms with Crippen LogP contribution in [-0.2, 0) is 22.6 Å². The molecule has 5 nitrogen and oxygen atoms in total. The van der Waals surface area contributed by atoms with E-state index < -0.39 is 0 Å². The van der Waals surface area contributed by atoms with Gasteiger partial charge < -0.3 is 10.6 Å². The molecular weight excluding hydrogens is 314 g/mol. The van der Waals surface area contributed by atoms with Crippen molar-refractivity contribution in [2.75, 3.05) is 13.6 Å². The molecule has 2 N–H and O–H groups in total. The van der Waals surface area contributed by atoms with Crippen LogP contribution in [-0.4, -0.2) is 42.4 Å². The van der Waals surface area contributed by atoms with Crippen molar-refractivity contribution in [2.45, 2.75) is 63.6 Å². The monoisotopic (exact) mass is 343 g/mol. The van der Waals surface area contributed by atoms with E-state index >= 15 is 0 Å². The second-order valence-electron chi connectivity index (χ2n) is 7.39. The lowest BCUT2D eigenvalue weighted by molar-refractivity contribution is -0.126. The van der Waals surface area contributed by atoms with Crippen molar-refractivity contribution in [2.24, 2.45) is 0 Å². The fourth-order valence-corrected chi connectivity index (χ4v) is 3.86. The first-order chi connectivity index (χ1) is 12.1. The molecule has 1 aliphatic heterocycles. The predicted octanol–water partition coefficient (Wildman–Crippen LogP) is 2.00. The van der Waals surface area contributed by atoms with E-state index in [-0.39, 0.29) is 24.7 Å². The van der Waals surface area contributed by atoms with Gasteiger partial charge in [0.25, 0.3) is 0 Å². The molecule has 0 radical (unpaired) electrons. The van der Waals surface area contributed by atoms with Crippen molar-refractivity contribution in [3.8, 4) is 0 Å². The molecule has 1 saturated carbocycles. The minimum atomic E-state index is -0.0335. The van der Waals surface area contributed by atoms with Crippen LogP contribution in [0, 0.1) is 0 Å². The smallest absolute Gasteiger partial charge is 0.220 e. The summed E-state index contributed by atoms with van der Waals surface area (Å²) in [5, 5.41) is 6.03. The van der Waals surface area contributed by atoms with Gasteiger partial charge in [-0.25, -0.2) is 0 Å². The van der Waals surface area contributed by atoms with Crippen molar-refractivity contribution >= 4 is 11.8 Å². The molecule has 0 spiro atoms. The molecule has 0 unspecified atom stereocenters. The molecule has 1 atom stereocenters. The first-order valence-corrected chi connectivity index (χ1v) is 9.45. The molecule has 5 heteroatoms. The van der Waals surface area contributed by atoms with E-state index in [4.69, 9.17) is 0 Å². The van der Waals surface area contributed by atoms with Gasteiger partial charge in [-0.05, 0) is 37.4 Å². The maximum absolute atomic E-state index is 12.1. The van der Waals surface area contributed by atoms with E-state index in [1.165, 1.54) is 24.0 Å². The molecule has 1 heterocycles. The molecule has 0 saturated heterocycles. The Hall–Kier alpha value is -1.88. The number of benzene rings is 1. The molecule has 0 bridgehead atoms. The highest BCUT2D eigenvalue weighted by Crippen LogP contribution is 2.21. The van der Waals surface area contributed by atoms with Gasteiger partial charge in [0.2, 0.25) is 11.8 Å². The number of carbonyl (C=O) groups excluding carboxylic acids is 2. The third-order valence-electron chi connectivity index (χ3n) is 5.45. The maximum atomic E-state index is 12.1. The normalized spacial score (nSPS) is 20.9. The summed E-state index contributed by atoms with van der Waals surface area (Å²) >= 11 is 0. The van der Waals surface area contributed by atoms with Crippen LogP contribution in [0.5, 0.6) is 0 Å². The minimum Gasteiger partial charge on any atom is -0.355 e. The summed E-state index contributed by atoms with van der Waals surface area (Å²) in [7, 11) is 2.10. The molecular formula is C20H29N3O2. The SMILES string of the molecule is CN1Cc2ccccc2C[C@@H]1CNC(=O)CCC(=O)NC1CCCC1. The fraction of sp³-hybridized carbons (Fsp3) is 0.600. The molecule has 0 aromatic heterocycles. The standard InChI is InChI=1S/C20H29N3O2/c1-23-14-16-7-3-2-6-15(16)12-18(23)13-21-19(24)10-11-20(25)22-17-8-4-5-9-17/h2-3,6-7,17-18H,4-5,8-14H2,1H3,(H,21,24)(H,22,25)/t18-/m1/s1. The zero-order valence-corrected chi connectivity index (χ0v) is 15.1. The summed E-state index contributed by atoms with van der Waals surface area (Å²) < 4.78 is 0. The summed E-state index contributed by atoms with van der Waals surface area (Å²) in [4.78, 5) is 26.3. The van der Waals surface area contributed by atoms with E-state index in [1.54, 1.807) is 0 Å². The molecule has 2 aliphatic rings. The minimum absolute atomic E-state index is 0.00534. The molecule has 136 valence electrons. The van der Waals surface area contributed by atoms with Gasteiger partial charge in [-0.3, -0.25) is 14.5 Å². The van der Waals surface area contributed by atoms with Gasteiger partial charge in [-0.1, -0.05) is 37.1 Å². The van der Waals surface area contributed by atoms with Crippen molar-refractivity contribution in [1.82, 2.24) is 15.5 Å². The van der Waals surface area contributed by atoms with Crippen LogP contribution < -0.4 is 10.6 Å². The Balaban J connectivity index is 1.38. The van der Waals surface area contributed by atoms with Crippen molar-refractivity contribution in [1.29, 1.82) is 0 Å².